The molecule has 0 bridgehead atoms. The number of fused-ring (bicyclic) bond motifs is 1. The summed E-state index contributed by atoms with van der Waals surface area (Å²) in [5, 5.41) is 3.34. The third-order valence-electron chi connectivity index (χ3n) is 3.20. The van der Waals surface area contributed by atoms with Crippen molar-refractivity contribution in [3.05, 3.63) is 47.4 Å². The smallest absolute Gasteiger partial charge is 0.116 e. The Morgan fingerprint density at radius 3 is 2.76 bits per heavy atom. The molecule has 0 fully saturated rings. The van der Waals surface area contributed by atoms with Crippen molar-refractivity contribution < 1.29 is 0 Å². The summed E-state index contributed by atoms with van der Waals surface area (Å²) in [4.78, 5) is 8.80. The first-order valence-corrected chi connectivity index (χ1v) is 5.95. The number of aryl methyl sites for hydroxylation is 1. The van der Waals surface area contributed by atoms with Gasteiger partial charge < -0.3 is 5.32 Å². The van der Waals surface area contributed by atoms with Crippen molar-refractivity contribution in [2.45, 2.75) is 19.9 Å². The number of hydrogen-bond acceptors (Lipinski definition) is 3. The first-order valence-electron chi connectivity index (χ1n) is 5.95. The van der Waals surface area contributed by atoms with Crippen LogP contribution in [0.2, 0.25) is 0 Å². The molecule has 0 radical (unpaired) electrons. The van der Waals surface area contributed by atoms with Crippen LogP contribution in [0.4, 0.5) is 0 Å². The number of rotatable bonds is 1. The lowest BCUT2D eigenvalue weighted by molar-refractivity contribution is 0.624. The van der Waals surface area contributed by atoms with Crippen LogP contribution in [0.5, 0.6) is 0 Å². The second-order valence-electron chi connectivity index (χ2n) is 4.44. The Balaban J connectivity index is 2.11. The topological polar surface area (TPSA) is 37.8 Å². The molecule has 0 aliphatic carbocycles. The maximum absolute atomic E-state index is 4.45. The van der Waals surface area contributed by atoms with Gasteiger partial charge in [-0.2, -0.15) is 0 Å². The van der Waals surface area contributed by atoms with Gasteiger partial charge in [0, 0.05) is 17.7 Å². The van der Waals surface area contributed by atoms with Gasteiger partial charge in [-0.25, -0.2) is 9.97 Å². The highest BCUT2D eigenvalue weighted by Crippen LogP contribution is 2.25. The zero-order valence-electron chi connectivity index (χ0n) is 9.90. The molecule has 1 aliphatic heterocycles. The number of nitrogens with zero attached hydrogens (tertiary/aromatic N) is 2. The Morgan fingerprint density at radius 1 is 1.12 bits per heavy atom. The van der Waals surface area contributed by atoms with E-state index in [0.717, 1.165) is 30.9 Å². The van der Waals surface area contributed by atoms with E-state index in [4.69, 9.17) is 0 Å². The summed E-state index contributed by atoms with van der Waals surface area (Å²) in [6, 6.07) is 8.54. The molecule has 1 aromatic carbocycles. The molecule has 0 unspecified atom stereocenters. The third kappa shape index (κ3) is 1.94. The number of benzene rings is 1. The van der Waals surface area contributed by atoms with Crippen molar-refractivity contribution in [1.29, 1.82) is 0 Å². The van der Waals surface area contributed by atoms with E-state index >= 15 is 0 Å². The van der Waals surface area contributed by atoms with E-state index in [-0.39, 0.29) is 0 Å². The second-order valence-corrected chi connectivity index (χ2v) is 4.44. The van der Waals surface area contributed by atoms with Gasteiger partial charge in [0.15, 0.2) is 0 Å². The highest BCUT2D eigenvalue weighted by Gasteiger charge is 2.15. The Labute approximate surface area is 101 Å². The predicted molar refractivity (Wildman–Crippen MR) is 67.6 cm³/mol. The first-order chi connectivity index (χ1) is 8.34. The number of nitrogens with one attached hydrogen (secondary N) is 1. The molecular formula is C14H15N3. The fourth-order valence-corrected chi connectivity index (χ4v) is 2.24. The summed E-state index contributed by atoms with van der Waals surface area (Å²) in [7, 11) is 0. The van der Waals surface area contributed by atoms with E-state index < -0.39 is 0 Å². The van der Waals surface area contributed by atoms with Crippen LogP contribution in [0.3, 0.4) is 0 Å². The summed E-state index contributed by atoms with van der Waals surface area (Å²) in [5.74, 6) is 0. The van der Waals surface area contributed by atoms with Crippen molar-refractivity contribution in [3.63, 3.8) is 0 Å². The summed E-state index contributed by atoms with van der Waals surface area (Å²) in [5.41, 5.74) is 6.00. The second kappa shape index (κ2) is 4.26. The summed E-state index contributed by atoms with van der Waals surface area (Å²) in [6.45, 7) is 3.97. The highest BCUT2D eigenvalue weighted by atomic mass is 14.9. The Morgan fingerprint density at radius 2 is 1.94 bits per heavy atom. The summed E-state index contributed by atoms with van der Waals surface area (Å²) < 4.78 is 0. The molecule has 2 aromatic rings. The minimum atomic E-state index is 0.858. The quantitative estimate of drug-likeness (QED) is 0.807. The molecule has 0 saturated heterocycles. The van der Waals surface area contributed by atoms with Gasteiger partial charge in [-0.1, -0.05) is 29.8 Å². The minimum absolute atomic E-state index is 0.858. The fourth-order valence-electron chi connectivity index (χ4n) is 2.24. The highest BCUT2D eigenvalue weighted by molar-refractivity contribution is 5.64. The van der Waals surface area contributed by atoms with Crippen molar-refractivity contribution >= 4 is 0 Å². The lowest BCUT2D eigenvalue weighted by Gasteiger charge is -2.18. The van der Waals surface area contributed by atoms with Gasteiger partial charge in [0.1, 0.15) is 6.33 Å². The van der Waals surface area contributed by atoms with E-state index in [1.807, 2.05) is 0 Å². The van der Waals surface area contributed by atoms with Crippen LogP contribution in [0.1, 0.15) is 16.8 Å². The standard InChI is InChI=1S/C14H15N3/c1-10-2-4-11(5-3-10)14-12-6-7-15-8-13(12)16-9-17-14/h2-5,9,15H,6-8H2,1H3. The molecule has 1 aromatic heterocycles. The maximum Gasteiger partial charge on any atom is 0.116 e. The Bertz CT molecular complexity index is 532. The molecular weight excluding hydrogens is 210 g/mol. The number of aromatic nitrogens is 2. The van der Waals surface area contributed by atoms with Crippen LogP contribution in [-0.2, 0) is 13.0 Å². The minimum Gasteiger partial charge on any atom is -0.311 e. The molecule has 3 nitrogen and oxygen atoms in total. The van der Waals surface area contributed by atoms with Gasteiger partial charge in [-0.3, -0.25) is 0 Å². The maximum atomic E-state index is 4.45. The molecule has 0 spiro atoms. The normalized spacial score (nSPS) is 14.4. The molecule has 2 heterocycles. The van der Waals surface area contributed by atoms with E-state index in [1.54, 1.807) is 6.33 Å². The van der Waals surface area contributed by atoms with Crippen LogP contribution in [0.25, 0.3) is 11.3 Å². The fraction of sp³-hybridized carbons (Fsp3) is 0.286. The lowest BCUT2D eigenvalue weighted by atomic mass is 9.99. The molecule has 0 atom stereocenters. The van der Waals surface area contributed by atoms with Crippen molar-refractivity contribution in [2.24, 2.45) is 0 Å². The molecule has 17 heavy (non-hydrogen) atoms. The third-order valence-corrected chi connectivity index (χ3v) is 3.20. The van der Waals surface area contributed by atoms with Gasteiger partial charge in [0.25, 0.3) is 0 Å². The van der Waals surface area contributed by atoms with Gasteiger partial charge >= 0.3 is 0 Å². The monoisotopic (exact) mass is 225 g/mol. The van der Waals surface area contributed by atoms with Crippen LogP contribution in [0, 0.1) is 6.92 Å². The molecule has 3 heteroatoms. The largest absolute Gasteiger partial charge is 0.311 e. The van der Waals surface area contributed by atoms with Crippen LogP contribution < -0.4 is 5.32 Å². The molecule has 1 aliphatic rings. The van der Waals surface area contributed by atoms with Crippen LogP contribution in [-0.4, -0.2) is 16.5 Å². The Hall–Kier alpha value is -1.74. The van der Waals surface area contributed by atoms with Gasteiger partial charge in [0.2, 0.25) is 0 Å². The summed E-state index contributed by atoms with van der Waals surface area (Å²) in [6.07, 6.45) is 2.68. The van der Waals surface area contributed by atoms with Crippen LogP contribution in [0.15, 0.2) is 30.6 Å². The molecule has 3 rings (SSSR count). The first kappa shape index (κ1) is 10.4. The van der Waals surface area contributed by atoms with E-state index in [1.165, 1.54) is 16.7 Å². The lowest BCUT2D eigenvalue weighted by Crippen LogP contribution is -2.25. The van der Waals surface area contributed by atoms with E-state index in [0.29, 0.717) is 0 Å². The average Bonchev–Trinajstić information content (AvgIpc) is 2.39. The zero-order valence-corrected chi connectivity index (χ0v) is 9.90. The Kier molecular flexibility index (Phi) is 2.61. The molecule has 1 N–H and O–H groups in total. The molecule has 86 valence electrons. The van der Waals surface area contributed by atoms with Gasteiger partial charge in [-0.15, -0.1) is 0 Å². The SMILES string of the molecule is Cc1ccc(-c2ncnc3c2CCNC3)cc1. The van der Waals surface area contributed by atoms with Crippen molar-refractivity contribution in [2.75, 3.05) is 6.54 Å². The summed E-state index contributed by atoms with van der Waals surface area (Å²) >= 11 is 0. The van der Waals surface area contributed by atoms with Gasteiger partial charge in [-0.05, 0) is 19.9 Å². The van der Waals surface area contributed by atoms with Crippen LogP contribution >= 0.6 is 0 Å². The van der Waals surface area contributed by atoms with E-state index in [9.17, 15) is 0 Å². The number of hydrogen-bond donors (Lipinski definition) is 1. The molecule has 0 saturated carbocycles. The predicted octanol–water partition coefficient (Wildman–Crippen LogP) is 2.10. The van der Waals surface area contributed by atoms with Gasteiger partial charge in [0.05, 0.1) is 11.4 Å². The van der Waals surface area contributed by atoms with Crippen molar-refractivity contribution in [3.8, 4) is 11.3 Å². The zero-order chi connectivity index (χ0) is 11.7. The average molecular weight is 225 g/mol. The van der Waals surface area contributed by atoms with E-state index in [2.05, 4.69) is 46.5 Å². The van der Waals surface area contributed by atoms with Crippen molar-refractivity contribution in [1.82, 2.24) is 15.3 Å². The molecule has 0 amide bonds.